The molecular weight excluding hydrogens is 260 g/mol. The largest absolute Gasteiger partial charge is 0.493 e. The van der Waals surface area contributed by atoms with Crippen LogP contribution in [0.5, 0.6) is 11.5 Å². The summed E-state index contributed by atoms with van der Waals surface area (Å²) in [6.07, 6.45) is 0. The Morgan fingerprint density at radius 1 is 1.10 bits per heavy atom. The minimum atomic E-state index is -0.186. The van der Waals surface area contributed by atoms with Crippen LogP contribution in [0.1, 0.15) is 10.4 Å². The predicted molar refractivity (Wildman–Crippen MR) is 76.6 cm³/mol. The number of hydrogen-bond donors (Lipinski definition) is 2. The van der Waals surface area contributed by atoms with Crippen LogP contribution in [-0.2, 0) is 4.74 Å². The molecule has 1 rings (SSSR count). The molecule has 1 aromatic rings. The Balaban J connectivity index is 2.51. The molecule has 2 N–H and O–H groups in total. The first-order valence-electron chi connectivity index (χ1n) is 6.43. The average molecular weight is 282 g/mol. The number of hydrogen-bond acceptors (Lipinski definition) is 5. The van der Waals surface area contributed by atoms with E-state index in [1.165, 1.54) is 7.11 Å². The van der Waals surface area contributed by atoms with Crippen molar-refractivity contribution in [2.75, 3.05) is 47.6 Å². The third-order valence-electron chi connectivity index (χ3n) is 2.72. The van der Waals surface area contributed by atoms with Crippen LogP contribution in [0, 0.1) is 0 Å². The van der Waals surface area contributed by atoms with E-state index in [9.17, 15) is 4.79 Å². The first-order chi connectivity index (χ1) is 9.74. The summed E-state index contributed by atoms with van der Waals surface area (Å²) >= 11 is 0. The third kappa shape index (κ3) is 4.71. The van der Waals surface area contributed by atoms with Crippen molar-refractivity contribution < 1.29 is 19.0 Å². The molecule has 0 fully saturated rings. The summed E-state index contributed by atoms with van der Waals surface area (Å²) in [5, 5.41) is 5.97. The number of carbonyl (C=O) groups is 1. The van der Waals surface area contributed by atoms with Crippen molar-refractivity contribution >= 4 is 5.91 Å². The van der Waals surface area contributed by atoms with Crippen LogP contribution in [0.2, 0.25) is 0 Å². The topological polar surface area (TPSA) is 68.8 Å². The number of nitrogens with one attached hydrogen (secondary N) is 2. The molecule has 0 unspecified atom stereocenters. The molecule has 0 aromatic heterocycles. The lowest BCUT2D eigenvalue weighted by atomic mass is 10.1. The van der Waals surface area contributed by atoms with Gasteiger partial charge in [0.15, 0.2) is 11.5 Å². The number of ether oxygens (including phenoxy) is 3. The van der Waals surface area contributed by atoms with Crippen LogP contribution in [0.15, 0.2) is 18.2 Å². The SMILES string of the molecule is COCCNCCNC(=O)c1cccc(OC)c1OC. The molecule has 0 spiro atoms. The molecule has 0 heterocycles. The zero-order chi connectivity index (χ0) is 14.8. The lowest BCUT2D eigenvalue weighted by molar-refractivity contribution is 0.0950. The summed E-state index contributed by atoms with van der Waals surface area (Å²) in [5.74, 6) is 0.799. The molecule has 0 radical (unpaired) electrons. The van der Waals surface area contributed by atoms with E-state index in [1.807, 2.05) is 0 Å². The molecule has 0 atom stereocenters. The zero-order valence-corrected chi connectivity index (χ0v) is 12.2. The minimum Gasteiger partial charge on any atom is -0.493 e. The molecule has 1 amide bonds. The molecule has 0 aliphatic rings. The van der Waals surface area contributed by atoms with Gasteiger partial charge < -0.3 is 24.8 Å². The summed E-state index contributed by atoms with van der Waals surface area (Å²) in [6, 6.07) is 5.21. The highest BCUT2D eigenvalue weighted by Crippen LogP contribution is 2.30. The van der Waals surface area contributed by atoms with E-state index in [2.05, 4.69) is 10.6 Å². The second-order valence-electron chi connectivity index (χ2n) is 4.04. The van der Waals surface area contributed by atoms with Crippen LogP contribution in [0.4, 0.5) is 0 Å². The summed E-state index contributed by atoms with van der Waals surface area (Å²) in [5.41, 5.74) is 0.462. The van der Waals surface area contributed by atoms with Gasteiger partial charge in [-0.1, -0.05) is 6.07 Å². The fraction of sp³-hybridized carbons (Fsp3) is 0.500. The first-order valence-corrected chi connectivity index (χ1v) is 6.43. The molecular formula is C14H22N2O4. The number of para-hydroxylation sites is 1. The summed E-state index contributed by atoms with van der Waals surface area (Å²) in [4.78, 5) is 12.1. The Bertz CT molecular complexity index is 424. The van der Waals surface area contributed by atoms with E-state index in [1.54, 1.807) is 32.4 Å². The van der Waals surface area contributed by atoms with Crippen molar-refractivity contribution in [1.82, 2.24) is 10.6 Å². The molecule has 0 bridgehead atoms. The number of methoxy groups -OCH3 is 3. The van der Waals surface area contributed by atoms with Crippen LogP contribution >= 0.6 is 0 Å². The Kier molecular flexibility index (Phi) is 7.46. The van der Waals surface area contributed by atoms with Gasteiger partial charge in [-0.15, -0.1) is 0 Å². The molecule has 0 aliphatic carbocycles. The van der Waals surface area contributed by atoms with E-state index in [0.717, 1.165) is 6.54 Å². The van der Waals surface area contributed by atoms with Crippen molar-refractivity contribution in [3.8, 4) is 11.5 Å². The van der Waals surface area contributed by atoms with Gasteiger partial charge in [0.1, 0.15) is 0 Å². The highest BCUT2D eigenvalue weighted by Gasteiger charge is 2.15. The Labute approximate surface area is 119 Å². The lowest BCUT2D eigenvalue weighted by Crippen LogP contribution is -2.33. The van der Waals surface area contributed by atoms with Crippen LogP contribution < -0.4 is 20.1 Å². The highest BCUT2D eigenvalue weighted by molar-refractivity contribution is 5.97. The Hall–Kier alpha value is -1.79. The maximum absolute atomic E-state index is 12.1. The van der Waals surface area contributed by atoms with E-state index in [0.29, 0.717) is 36.8 Å². The molecule has 6 nitrogen and oxygen atoms in total. The second kappa shape index (κ2) is 9.17. The van der Waals surface area contributed by atoms with Crippen molar-refractivity contribution in [3.05, 3.63) is 23.8 Å². The van der Waals surface area contributed by atoms with Gasteiger partial charge in [0, 0.05) is 26.7 Å². The maximum atomic E-state index is 12.1. The van der Waals surface area contributed by atoms with Gasteiger partial charge in [0.25, 0.3) is 5.91 Å². The van der Waals surface area contributed by atoms with Crippen molar-refractivity contribution in [1.29, 1.82) is 0 Å². The van der Waals surface area contributed by atoms with Crippen molar-refractivity contribution in [3.63, 3.8) is 0 Å². The molecule has 0 saturated carbocycles. The lowest BCUT2D eigenvalue weighted by Gasteiger charge is -2.12. The van der Waals surface area contributed by atoms with Crippen LogP contribution in [-0.4, -0.2) is 53.5 Å². The van der Waals surface area contributed by atoms with Crippen LogP contribution in [0.3, 0.4) is 0 Å². The van der Waals surface area contributed by atoms with Gasteiger partial charge in [0.2, 0.25) is 0 Å². The highest BCUT2D eigenvalue weighted by atomic mass is 16.5. The quantitative estimate of drug-likeness (QED) is 0.652. The second-order valence-corrected chi connectivity index (χ2v) is 4.04. The maximum Gasteiger partial charge on any atom is 0.255 e. The van der Waals surface area contributed by atoms with Crippen molar-refractivity contribution in [2.24, 2.45) is 0 Å². The fourth-order valence-corrected chi connectivity index (χ4v) is 1.72. The van der Waals surface area contributed by atoms with Gasteiger partial charge in [-0.05, 0) is 12.1 Å². The van der Waals surface area contributed by atoms with Gasteiger partial charge in [-0.25, -0.2) is 0 Å². The number of benzene rings is 1. The average Bonchev–Trinajstić information content (AvgIpc) is 2.49. The minimum absolute atomic E-state index is 0.186. The summed E-state index contributed by atoms with van der Waals surface area (Å²) in [7, 11) is 4.71. The monoisotopic (exact) mass is 282 g/mol. The van der Waals surface area contributed by atoms with Gasteiger partial charge >= 0.3 is 0 Å². The molecule has 112 valence electrons. The van der Waals surface area contributed by atoms with Gasteiger partial charge in [-0.3, -0.25) is 4.79 Å². The van der Waals surface area contributed by atoms with E-state index in [-0.39, 0.29) is 5.91 Å². The number of carbonyl (C=O) groups excluding carboxylic acids is 1. The molecule has 0 saturated heterocycles. The van der Waals surface area contributed by atoms with E-state index in [4.69, 9.17) is 14.2 Å². The standard InChI is InChI=1S/C14H22N2O4/c1-18-10-9-15-7-8-16-14(17)11-5-4-6-12(19-2)13(11)20-3/h4-6,15H,7-10H2,1-3H3,(H,16,17). The molecule has 20 heavy (non-hydrogen) atoms. The third-order valence-corrected chi connectivity index (χ3v) is 2.72. The fourth-order valence-electron chi connectivity index (χ4n) is 1.72. The molecule has 0 aliphatic heterocycles. The summed E-state index contributed by atoms with van der Waals surface area (Å²) < 4.78 is 15.3. The Morgan fingerprint density at radius 2 is 1.90 bits per heavy atom. The zero-order valence-electron chi connectivity index (χ0n) is 12.2. The number of amides is 1. The molecule has 1 aromatic carbocycles. The summed E-state index contributed by atoms with van der Waals surface area (Å²) in [6.45, 7) is 2.62. The normalized spacial score (nSPS) is 10.2. The van der Waals surface area contributed by atoms with E-state index < -0.39 is 0 Å². The molecule has 6 heteroatoms. The first kappa shape index (κ1) is 16.3. The predicted octanol–water partition coefficient (Wildman–Crippen LogP) is 0.670. The number of rotatable bonds is 9. The van der Waals surface area contributed by atoms with E-state index >= 15 is 0 Å². The van der Waals surface area contributed by atoms with Gasteiger partial charge in [-0.2, -0.15) is 0 Å². The smallest absolute Gasteiger partial charge is 0.255 e. The van der Waals surface area contributed by atoms with Gasteiger partial charge in [0.05, 0.1) is 26.4 Å². The van der Waals surface area contributed by atoms with Crippen molar-refractivity contribution in [2.45, 2.75) is 0 Å². The Morgan fingerprint density at radius 3 is 2.55 bits per heavy atom. The van der Waals surface area contributed by atoms with Crippen LogP contribution in [0.25, 0.3) is 0 Å².